The van der Waals surface area contributed by atoms with Gasteiger partial charge in [-0.25, -0.2) is 0 Å². The van der Waals surface area contributed by atoms with Crippen molar-refractivity contribution in [3.63, 3.8) is 0 Å². The zero-order valence-corrected chi connectivity index (χ0v) is 9.54. The summed E-state index contributed by atoms with van der Waals surface area (Å²) in [6.07, 6.45) is 5.18. The predicted octanol–water partition coefficient (Wildman–Crippen LogP) is 1.46. The van der Waals surface area contributed by atoms with E-state index in [-0.39, 0.29) is 5.91 Å². The zero-order valence-electron chi connectivity index (χ0n) is 7.96. The first kappa shape index (κ1) is 9.71. The van der Waals surface area contributed by atoms with E-state index in [0.717, 1.165) is 17.3 Å². The Morgan fingerprint density at radius 2 is 2.43 bits per heavy atom. The number of rotatable bonds is 2. The van der Waals surface area contributed by atoms with Gasteiger partial charge in [0.15, 0.2) is 5.69 Å². The van der Waals surface area contributed by atoms with Crippen LogP contribution in [0.15, 0.2) is 10.7 Å². The normalized spacial score (nSPS) is 16.4. The molecule has 0 unspecified atom stereocenters. The number of aromatic nitrogens is 2. The average molecular weight is 258 g/mol. The van der Waals surface area contributed by atoms with E-state index in [1.54, 1.807) is 17.9 Å². The second-order valence-corrected chi connectivity index (χ2v) is 4.45. The summed E-state index contributed by atoms with van der Waals surface area (Å²) >= 11 is 3.30. The Morgan fingerprint density at radius 1 is 1.71 bits per heavy atom. The van der Waals surface area contributed by atoms with Crippen LogP contribution in [0.2, 0.25) is 0 Å². The molecule has 1 aliphatic carbocycles. The van der Waals surface area contributed by atoms with Crippen molar-refractivity contribution in [1.29, 1.82) is 0 Å². The summed E-state index contributed by atoms with van der Waals surface area (Å²) in [6.45, 7) is 0. The monoisotopic (exact) mass is 257 g/mol. The Labute approximate surface area is 90.8 Å². The van der Waals surface area contributed by atoms with Crippen LogP contribution in [-0.4, -0.2) is 21.7 Å². The van der Waals surface area contributed by atoms with Crippen molar-refractivity contribution < 1.29 is 4.79 Å². The van der Waals surface area contributed by atoms with Gasteiger partial charge in [0.05, 0.1) is 4.47 Å². The molecule has 2 rings (SSSR count). The van der Waals surface area contributed by atoms with Gasteiger partial charge in [-0.3, -0.25) is 9.48 Å². The van der Waals surface area contributed by atoms with E-state index in [1.807, 2.05) is 0 Å². The van der Waals surface area contributed by atoms with Crippen molar-refractivity contribution in [2.45, 2.75) is 25.3 Å². The molecule has 1 fully saturated rings. The van der Waals surface area contributed by atoms with Crippen molar-refractivity contribution in [3.8, 4) is 0 Å². The van der Waals surface area contributed by atoms with Crippen LogP contribution < -0.4 is 5.32 Å². The highest BCUT2D eigenvalue weighted by molar-refractivity contribution is 9.10. The molecule has 1 heterocycles. The molecule has 0 aliphatic heterocycles. The molecule has 0 spiro atoms. The average Bonchev–Trinajstić information content (AvgIpc) is 2.37. The third-order valence-electron chi connectivity index (χ3n) is 2.44. The predicted molar refractivity (Wildman–Crippen MR) is 56.0 cm³/mol. The van der Waals surface area contributed by atoms with Gasteiger partial charge in [0.1, 0.15) is 0 Å². The molecular weight excluding hydrogens is 246 g/mol. The number of hydrogen-bond acceptors (Lipinski definition) is 2. The fraction of sp³-hybridized carbons (Fsp3) is 0.556. The summed E-state index contributed by atoms with van der Waals surface area (Å²) in [6, 6.07) is 0.358. The van der Waals surface area contributed by atoms with Crippen molar-refractivity contribution in [1.82, 2.24) is 15.1 Å². The Bertz CT molecular complexity index is 357. The number of carbonyl (C=O) groups is 1. The number of halogens is 1. The van der Waals surface area contributed by atoms with Crippen LogP contribution in [0, 0.1) is 0 Å². The molecular formula is C9H12BrN3O. The first-order chi connectivity index (χ1) is 6.66. The largest absolute Gasteiger partial charge is 0.348 e. The lowest BCUT2D eigenvalue weighted by Gasteiger charge is -2.25. The van der Waals surface area contributed by atoms with Crippen molar-refractivity contribution in [3.05, 3.63) is 16.4 Å². The molecule has 0 radical (unpaired) electrons. The van der Waals surface area contributed by atoms with Crippen molar-refractivity contribution in [2.75, 3.05) is 0 Å². The molecule has 1 saturated carbocycles. The molecule has 5 heteroatoms. The van der Waals surface area contributed by atoms with Gasteiger partial charge in [0, 0.05) is 19.3 Å². The summed E-state index contributed by atoms with van der Waals surface area (Å²) in [5.41, 5.74) is 0.472. The maximum absolute atomic E-state index is 11.7. The van der Waals surface area contributed by atoms with E-state index in [0.29, 0.717) is 11.7 Å². The van der Waals surface area contributed by atoms with Crippen LogP contribution >= 0.6 is 15.9 Å². The van der Waals surface area contributed by atoms with Crippen LogP contribution in [0.3, 0.4) is 0 Å². The quantitative estimate of drug-likeness (QED) is 0.873. The molecule has 0 atom stereocenters. The van der Waals surface area contributed by atoms with Crippen LogP contribution in [0.25, 0.3) is 0 Å². The maximum atomic E-state index is 11.7. The van der Waals surface area contributed by atoms with Crippen LogP contribution in [0.4, 0.5) is 0 Å². The van der Waals surface area contributed by atoms with E-state index >= 15 is 0 Å². The molecule has 0 saturated heterocycles. The van der Waals surface area contributed by atoms with Gasteiger partial charge in [0.2, 0.25) is 0 Å². The summed E-state index contributed by atoms with van der Waals surface area (Å²) in [5, 5.41) is 7.02. The van der Waals surface area contributed by atoms with Crippen molar-refractivity contribution >= 4 is 21.8 Å². The standard InChI is InChI=1S/C9H12BrN3O/c1-13-5-7(10)8(12-13)9(14)11-6-3-2-4-6/h5-6H,2-4H2,1H3,(H,11,14). The molecule has 0 bridgehead atoms. The minimum atomic E-state index is -0.0813. The fourth-order valence-electron chi connectivity index (χ4n) is 1.42. The molecule has 1 aromatic rings. The molecule has 76 valence electrons. The number of aryl methyl sites for hydroxylation is 1. The molecule has 1 amide bonds. The van der Waals surface area contributed by atoms with E-state index in [2.05, 4.69) is 26.3 Å². The zero-order chi connectivity index (χ0) is 10.1. The molecule has 1 aromatic heterocycles. The molecule has 0 aromatic carbocycles. The van der Waals surface area contributed by atoms with Gasteiger partial charge in [-0.15, -0.1) is 0 Å². The Hall–Kier alpha value is -0.840. The molecule has 1 aliphatic rings. The summed E-state index contributed by atoms with van der Waals surface area (Å²) in [7, 11) is 1.80. The molecule has 14 heavy (non-hydrogen) atoms. The van der Waals surface area contributed by atoms with E-state index in [9.17, 15) is 4.79 Å². The SMILES string of the molecule is Cn1cc(Br)c(C(=O)NC2CCC2)n1. The van der Waals surface area contributed by atoms with Gasteiger partial charge in [-0.1, -0.05) is 0 Å². The number of carbonyl (C=O) groups excluding carboxylic acids is 1. The van der Waals surface area contributed by atoms with Gasteiger partial charge in [0.25, 0.3) is 5.91 Å². The second-order valence-electron chi connectivity index (χ2n) is 3.60. The van der Waals surface area contributed by atoms with Gasteiger partial charge < -0.3 is 5.32 Å². The Kier molecular flexibility index (Phi) is 2.58. The summed E-state index contributed by atoms with van der Waals surface area (Å²) in [5.74, 6) is -0.0813. The lowest BCUT2D eigenvalue weighted by atomic mass is 9.93. The summed E-state index contributed by atoms with van der Waals surface area (Å²) in [4.78, 5) is 11.7. The number of amides is 1. The minimum Gasteiger partial charge on any atom is -0.348 e. The summed E-state index contributed by atoms with van der Waals surface area (Å²) < 4.78 is 2.37. The van der Waals surface area contributed by atoms with Gasteiger partial charge in [-0.2, -0.15) is 5.10 Å². The smallest absolute Gasteiger partial charge is 0.273 e. The lowest BCUT2D eigenvalue weighted by molar-refractivity contribution is 0.0910. The van der Waals surface area contributed by atoms with Gasteiger partial charge in [-0.05, 0) is 35.2 Å². The maximum Gasteiger partial charge on any atom is 0.273 e. The second kappa shape index (κ2) is 3.73. The van der Waals surface area contributed by atoms with Crippen LogP contribution in [-0.2, 0) is 7.05 Å². The number of nitrogens with zero attached hydrogens (tertiary/aromatic N) is 2. The number of hydrogen-bond donors (Lipinski definition) is 1. The van der Waals surface area contributed by atoms with Gasteiger partial charge >= 0.3 is 0 Å². The van der Waals surface area contributed by atoms with E-state index in [1.165, 1.54) is 6.42 Å². The topological polar surface area (TPSA) is 46.9 Å². The fourth-order valence-corrected chi connectivity index (χ4v) is 1.98. The lowest BCUT2D eigenvalue weighted by Crippen LogP contribution is -2.39. The molecule has 4 nitrogen and oxygen atoms in total. The third-order valence-corrected chi connectivity index (χ3v) is 3.02. The van der Waals surface area contributed by atoms with Crippen LogP contribution in [0.1, 0.15) is 29.8 Å². The van der Waals surface area contributed by atoms with E-state index in [4.69, 9.17) is 0 Å². The number of nitrogens with one attached hydrogen (secondary N) is 1. The van der Waals surface area contributed by atoms with Crippen molar-refractivity contribution in [2.24, 2.45) is 7.05 Å². The van der Waals surface area contributed by atoms with E-state index < -0.39 is 0 Å². The van der Waals surface area contributed by atoms with Crippen LogP contribution in [0.5, 0.6) is 0 Å². The highest BCUT2D eigenvalue weighted by Crippen LogP contribution is 2.20. The highest BCUT2D eigenvalue weighted by atomic mass is 79.9. The first-order valence-corrected chi connectivity index (χ1v) is 5.46. The Balaban J connectivity index is 2.06. The third kappa shape index (κ3) is 1.82. The highest BCUT2D eigenvalue weighted by Gasteiger charge is 2.22. The Morgan fingerprint density at radius 3 is 2.86 bits per heavy atom. The minimum absolute atomic E-state index is 0.0813. The molecule has 1 N–H and O–H groups in total. The first-order valence-electron chi connectivity index (χ1n) is 4.67.